The molecule has 0 radical (unpaired) electrons. The molecule has 0 aliphatic rings. The van der Waals surface area contributed by atoms with E-state index >= 15 is 0 Å². The van der Waals surface area contributed by atoms with E-state index in [1.807, 2.05) is 20.8 Å². The molecular weight excluding hydrogens is 208 g/mol. The van der Waals surface area contributed by atoms with Crippen molar-refractivity contribution in [1.82, 2.24) is 5.32 Å². The van der Waals surface area contributed by atoms with Gasteiger partial charge >= 0.3 is 5.97 Å². The van der Waals surface area contributed by atoms with Crippen LogP contribution in [0.1, 0.15) is 33.6 Å². The first-order valence-electron chi connectivity index (χ1n) is 5.59. The summed E-state index contributed by atoms with van der Waals surface area (Å²) in [5, 5.41) is 11.4. The van der Waals surface area contributed by atoms with Crippen LogP contribution in [0.2, 0.25) is 0 Å². The van der Waals surface area contributed by atoms with Crippen LogP contribution in [-0.2, 0) is 9.59 Å². The molecule has 94 valence electrons. The number of hydrogen-bond donors (Lipinski definition) is 3. The number of rotatable bonds is 7. The van der Waals surface area contributed by atoms with Gasteiger partial charge in [-0.3, -0.25) is 4.79 Å². The first-order chi connectivity index (χ1) is 7.36. The maximum absolute atomic E-state index is 11.5. The minimum Gasteiger partial charge on any atom is -0.480 e. The van der Waals surface area contributed by atoms with E-state index in [1.165, 1.54) is 0 Å². The highest BCUT2D eigenvalue weighted by molar-refractivity contribution is 5.83. The van der Waals surface area contributed by atoms with Crippen molar-refractivity contribution in [3.8, 4) is 0 Å². The summed E-state index contributed by atoms with van der Waals surface area (Å²) >= 11 is 0. The Morgan fingerprint density at radius 2 is 1.88 bits per heavy atom. The largest absolute Gasteiger partial charge is 0.480 e. The van der Waals surface area contributed by atoms with Crippen molar-refractivity contribution in [3.05, 3.63) is 0 Å². The summed E-state index contributed by atoms with van der Waals surface area (Å²) in [4.78, 5) is 22.4. The SMILES string of the molecule is CC(C)C[C@@H](NC(=O)CC(C)CN)C(=O)O. The molecule has 0 heterocycles. The zero-order valence-corrected chi connectivity index (χ0v) is 10.2. The molecule has 1 amide bonds. The van der Waals surface area contributed by atoms with Gasteiger partial charge in [-0.1, -0.05) is 20.8 Å². The monoisotopic (exact) mass is 230 g/mol. The number of carboxylic acid groups (broad SMARTS) is 1. The van der Waals surface area contributed by atoms with Gasteiger partial charge in [0.1, 0.15) is 6.04 Å². The lowest BCUT2D eigenvalue weighted by Crippen LogP contribution is -2.42. The standard InChI is InChI=1S/C11H22N2O3/c1-7(2)4-9(11(15)16)13-10(14)5-8(3)6-12/h7-9H,4-6,12H2,1-3H3,(H,13,14)(H,15,16)/t8?,9-/m1/s1. The summed E-state index contributed by atoms with van der Waals surface area (Å²) in [6.45, 7) is 6.13. The van der Waals surface area contributed by atoms with Gasteiger partial charge in [-0.2, -0.15) is 0 Å². The van der Waals surface area contributed by atoms with Crippen molar-refractivity contribution in [2.75, 3.05) is 6.54 Å². The molecule has 4 N–H and O–H groups in total. The third-order valence-corrected chi connectivity index (χ3v) is 2.28. The first-order valence-corrected chi connectivity index (χ1v) is 5.59. The van der Waals surface area contributed by atoms with Crippen molar-refractivity contribution in [2.24, 2.45) is 17.6 Å². The Balaban J connectivity index is 4.18. The Hall–Kier alpha value is -1.10. The Labute approximate surface area is 96.4 Å². The first kappa shape index (κ1) is 14.9. The van der Waals surface area contributed by atoms with Gasteiger partial charge in [0.05, 0.1) is 0 Å². The quantitative estimate of drug-likeness (QED) is 0.596. The van der Waals surface area contributed by atoms with Gasteiger partial charge in [-0.25, -0.2) is 4.79 Å². The molecule has 0 aromatic heterocycles. The predicted octanol–water partition coefficient (Wildman–Crippen LogP) is 0.587. The fraction of sp³-hybridized carbons (Fsp3) is 0.818. The lowest BCUT2D eigenvalue weighted by atomic mass is 10.0. The number of amides is 1. The molecular formula is C11H22N2O3. The molecule has 0 saturated carbocycles. The van der Waals surface area contributed by atoms with E-state index in [9.17, 15) is 9.59 Å². The molecule has 1 unspecified atom stereocenters. The summed E-state index contributed by atoms with van der Waals surface area (Å²) in [5.74, 6) is -0.921. The number of aliphatic carboxylic acids is 1. The van der Waals surface area contributed by atoms with Crippen LogP contribution >= 0.6 is 0 Å². The van der Waals surface area contributed by atoms with E-state index in [0.717, 1.165) is 0 Å². The van der Waals surface area contributed by atoms with Gasteiger partial charge in [-0.05, 0) is 24.8 Å². The van der Waals surface area contributed by atoms with Gasteiger partial charge < -0.3 is 16.2 Å². The number of nitrogens with two attached hydrogens (primary N) is 1. The molecule has 2 atom stereocenters. The molecule has 0 aliphatic heterocycles. The normalized spacial score (nSPS) is 14.6. The van der Waals surface area contributed by atoms with Crippen molar-refractivity contribution < 1.29 is 14.7 Å². The Morgan fingerprint density at radius 1 is 1.31 bits per heavy atom. The molecule has 0 fully saturated rings. The van der Waals surface area contributed by atoms with Crippen LogP contribution in [-0.4, -0.2) is 29.6 Å². The Morgan fingerprint density at radius 3 is 2.25 bits per heavy atom. The third kappa shape index (κ3) is 6.40. The number of nitrogens with one attached hydrogen (secondary N) is 1. The summed E-state index contributed by atoms with van der Waals surface area (Å²) in [7, 11) is 0. The Kier molecular flexibility index (Phi) is 6.72. The van der Waals surface area contributed by atoms with Crippen molar-refractivity contribution in [3.63, 3.8) is 0 Å². The second kappa shape index (κ2) is 7.22. The summed E-state index contributed by atoms with van der Waals surface area (Å²) in [5.41, 5.74) is 5.40. The predicted molar refractivity (Wildman–Crippen MR) is 61.9 cm³/mol. The average Bonchev–Trinajstić information content (AvgIpc) is 2.15. The maximum Gasteiger partial charge on any atom is 0.326 e. The number of hydrogen-bond acceptors (Lipinski definition) is 3. The van der Waals surface area contributed by atoms with Gasteiger partial charge in [0, 0.05) is 6.42 Å². The van der Waals surface area contributed by atoms with Gasteiger partial charge in [0.15, 0.2) is 0 Å². The van der Waals surface area contributed by atoms with Crippen molar-refractivity contribution in [1.29, 1.82) is 0 Å². The van der Waals surface area contributed by atoms with E-state index in [-0.39, 0.29) is 24.2 Å². The van der Waals surface area contributed by atoms with E-state index in [2.05, 4.69) is 5.32 Å². The second-order valence-corrected chi connectivity index (χ2v) is 4.63. The van der Waals surface area contributed by atoms with Crippen LogP contribution < -0.4 is 11.1 Å². The molecule has 0 saturated heterocycles. The smallest absolute Gasteiger partial charge is 0.326 e. The molecule has 0 aromatic carbocycles. The van der Waals surface area contributed by atoms with Crippen LogP contribution in [0.5, 0.6) is 0 Å². The molecule has 0 rings (SSSR count). The average molecular weight is 230 g/mol. The lowest BCUT2D eigenvalue weighted by molar-refractivity contribution is -0.142. The fourth-order valence-corrected chi connectivity index (χ4v) is 1.35. The highest BCUT2D eigenvalue weighted by atomic mass is 16.4. The van der Waals surface area contributed by atoms with Crippen molar-refractivity contribution in [2.45, 2.75) is 39.7 Å². The van der Waals surface area contributed by atoms with Gasteiger partial charge in [0.2, 0.25) is 5.91 Å². The molecule has 0 spiro atoms. The van der Waals surface area contributed by atoms with Crippen LogP contribution in [0.4, 0.5) is 0 Å². The second-order valence-electron chi connectivity index (χ2n) is 4.63. The van der Waals surface area contributed by atoms with E-state index in [0.29, 0.717) is 13.0 Å². The molecule has 5 heteroatoms. The molecule has 5 nitrogen and oxygen atoms in total. The number of carbonyl (C=O) groups is 2. The van der Waals surface area contributed by atoms with Crippen LogP contribution in [0.3, 0.4) is 0 Å². The van der Waals surface area contributed by atoms with Crippen LogP contribution in [0.15, 0.2) is 0 Å². The van der Waals surface area contributed by atoms with E-state index < -0.39 is 12.0 Å². The zero-order valence-electron chi connectivity index (χ0n) is 10.2. The summed E-state index contributed by atoms with van der Waals surface area (Å²) < 4.78 is 0. The zero-order chi connectivity index (χ0) is 12.7. The maximum atomic E-state index is 11.5. The van der Waals surface area contributed by atoms with E-state index in [4.69, 9.17) is 10.8 Å². The highest BCUT2D eigenvalue weighted by Crippen LogP contribution is 2.06. The molecule has 0 bridgehead atoms. The molecule has 0 aromatic rings. The summed E-state index contributed by atoms with van der Waals surface area (Å²) in [6.07, 6.45) is 0.719. The van der Waals surface area contributed by atoms with E-state index in [1.54, 1.807) is 0 Å². The lowest BCUT2D eigenvalue weighted by Gasteiger charge is -2.17. The minimum absolute atomic E-state index is 0.0773. The van der Waals surface area contributed by atoms with Crippen LogP contribution in [0.25, 0.3) is 0 Å². The van der Waals surface area contributed by atoms with Crippen molar-refractivity contribution >= 4 is 11.9 Å². The van der Waals surface area contributed by atoms with Gasteiger partial charge in [-0.15, -0.1) is 0 Å². The van der Waals surface area contributed by atoms with Crippen LogP contribution in [0, 0.1) is 11.8 Å². The minimum atomic E-state index is -0.984. The number of carbonyl (C=O) groups excluding carboxylic acids is 1. The fourth-order valence-electron chi connectivity index (χ4n) is 1.35. The summed E-state index contributed by atoms with van der Waals surface area (Å²) in [6, 6.07) is -0.794. The number of carboxylic acids is 1. The molecule has 0 aliphatic carbocycles. The highest BCUT2D eigenvalue weighted by Gasteiger charge is 2.21. The topological polar surface area (TPSA) is 92.4 Å². The van der Waals surface area contributed by atoms with Gasteiger partial charge in [0.25, 0.3) is 0 Å². The molecule has 16 heavy (non-hydrogen) atoms. The Bertz CT molecular complexity index is 241. The third-order valence-electron chi connectivity index (χ3n) is 2.28.